The van der Waals surface area contributed by atoms with Crippen molar-refractivity contribution in [2.45, 2.75) is 24.6 Å². The molecule has 1 N–H and O–H groups in total. The van der Waals surface area contributed by atoms with E-state index in [-0.39, 0.29) is 17.3 Å². The molecule has 4 heterocycles. The molecule has 1 atom stereocenters. The number of carboxylic acids is 1. The van der Waals surface area contributed by atoms with Gasteiger partial charge in [-0.15, -0.1) is 0 Å². The highest BCUT2D eigenvalue weighted by atomic mass is 19.4. The van der Waals surface area contributed by atoms with Crippen molar-refractivity contribution in [3.05, 3.63) is 48.8 Å². The number of hydrogen-bond donors (Lipinski definition) is 1. The molecule has 0 bridgehead atoms. The first-order valence-electron chi connectivity index (χ1n) is 9.74. The van der Waals surface area contributed by atoms with E-state index in [1.54, 1.807) is 35.8 Å². The predicted octanol–water partition coefficient (Wildman–Crippen LogP) is 2.21. The molecule has 2 fully saturated rings. The maximum atomic E-state index is 12.4. The van der Waals surface area contributed by atoms with E-state index in [0.717, 1.165) is 25.2 Å². The van der Waals surface area contributed by atoms with Crippen molar-refractivity contribution in [3.8, 4) is 5.75 Å². The number of likely N-dealkylation sites (tertiary alicyclic amines) is 1. The van der Waals surface area contributed by atoms with Crippen LogP contribution < -0.4 is 4.74 Å². The van der Waals surface area contributed by atoms with E-state index in [2.05, 4.69) is 15.0 Å². The van der Waals surface area contributed by atoms with Crippen LogP contribution in [-0.2, 0) is 9.53 Å². The minimum atomic E-state index is -5.08. The lowest BCUT2D eigenvalue weighted by atomic mass is 9.79. The van der Waals surface area contributed by atoms with Gasteiger partial charge in [-0.1, -0.05) is 0 Å². The monoisotopic (exact) mass is 454 g/mol. The number of alkyl halides is 3. The third kappa shape index (κ3) is 5.69. The van der Waals surface area contributed by atoms with E-state index in [0.29, 0.717) is 25.6 Å². The van der Waals surface area contributed by atoms with Crippen LogP contribution >= 0.6 is 0 Å². The molecule has 0 aliphatic carbocycles. The van der Waals surface area contributed by atoms with Crippen molar-refractivity contribution >= 4 is 11.9 Å². The maximum absolute atomic E-state index is 12.4. The molecule has 0 aromatic carbocycles. The molecule has 0 saturated carbocycles. The molecule has 2 aliphatic heterocycles. The van der Waals surface area contributed by atoms with Gasteiger partial charge in [0.15, 0.2) is 0 Å². The second-order valence-electron chi connectivity index (χ2n) is 7.26. The Balaban J connectivity index is 0.000000360. The summed E-state index contributed by atoms with van der Waals surface area (Å²) in [6.07, 6.45) is 3.42. The zero-order valence-corrected chi connectivity index (χ0v) is 16.9. The Morgan fingerprint density at radius 2 is 1.91 bits per heavy atom. The fourth-order valence-electron chi connectivity index (χ4n) is 3.59. The summed E-state index contributed by atoms with van der Waals surface area (Å²) < 4.78 is 43.5. The van der Waals surface area contributed by atoms with Crippen LogP contribution in [-0.4, -0.2) is 74.9 Å². The van der Waals surface area contributed by atoms with Crippen LogP contribution in [0.3, 0.4) is 0 Å². The first kappa shape index (κ1) is 23.4. The first-order valence-corrected chi connectivity index (χ1v) is 9.74. The Labute approximate surface area is 181 Å². The minimum Gasteiger partial charge on any atom is -0.492 e. The molecular weight excluding hydrogens is 433 g/mol. The van der Waals surface area contributed by atoms with E-state index in [1.807, 2.05) is 12.1 Å². The van der Waals surface area contributed by atoms with E-state index in [1.165, 1.54) is 0 Å². The Hall–Kier alpha value is -3.28. The SMILES string of the molecule is O=C(O)C(F)(F)F.O=C(c1ncccn1)N1CC2(C1)OCCC2CCOc1cccnc1. The number of hydrogen-bond acceptors (Lipinski definition) is 7. The van der Waals surface area contributed by atoms with Gasteiger partial charge >= 0.3 is 12.1 Å². The van der Waals surface area contributed by atoms with Gasteiger partial charge in [0.2, 0.25) is 5.82 Å². The second kappa shape index (κ2) is 9.90. The van der Waals surface area contributed by atoms with Gasteiger partial charge in [-0.25, -0.2) is 14.8 Å². The molecule has 2 saturated heterocycles. The normalized spacial score (nSPS) is 19.0. The quantitative estimate of drug-likeness (QED) is 0.731. The minimum absolute atomic E-state index is 0.132. The van der Waals surface area contributed by atoms with Crippen LogP contribution in [0.2, 0.25) is 0 Å². The number of aromatic nitrogens is 3. The number of halogens is 3. The average molecular weight is 454 g/mol. The van der Waals surface area contributed by atoms with Crippen LogP contribution in [0.5, 0.6) is 5.75 Å². The largest absolute Gasteiger partial charge is 0.492 e. The molecule has 2 aromatic rings. The Morgan fingerprint density at radius 1 is 1.22 bits per heavy atom. The third-order valence-corrected chi connectivity index (χ3v) is 5.17. The van der Waals surface area contributed by atoms with Crippen LogP contribution in [0.4, 0.5) is 13.2 Å². The molecule has 1 amide bonds. The Bertz CT molecular complexity index is 908. The van der Waals surface area contributed by atoms with Gasteiger partial charge in [-0.2, -0.15) is 13.2 Å². The van der Waals surface area contributed by atoms with Crippen molar-refractivity contribution in [1.29, 1.82) is 0 Å². The molecule has 0 radical (unpaired) electrons. The molecular formula is C20H21F3N4O5. The summed E-state index contributed by atoms with van der Waals surface area (Å²) in [5, 5.41) is 7.12. The lowest BCUT2D eigenvalue weighted by Crippen LogP contribution is -2.66. The molecule has 2 aliphatic rings. The summed E-state index contributed by atoms with van der Waals surface area (Å²) in [4.78, 5) is 35.1. The van der Waals surface area contributed by atoms with Gasteiger partial charge in [0.05, 0.1) is 25.9 Å². The fraction of sp³-hybridized carbons (Fsp3) is 0.450. The highest BCUT2D eigenvalue weighted by Gasteiger charge is 2.54. The maximum Gasteiger partial charge on any atom is 0.490 e. The lowest BCUT2D eigenvalue weighted by Gasteiger charge is -2.50. The first-order chi connectivity index (χ1) is 15.2. The zero-order chi connectivity index (χ0) is 23.2. The van der Waals surface area contributed by atoms with Crippen LogP contribution in [0.25, 0.3) is 0 Å². The number of carbonyl (C=O) groups is 2. The van der Waals surface area contributed by atoms with Gasteiger partial charge in [-0.3, -0.25) is 9.78 Å². The zero-order valence-electron chi connectivity index (χ0n) is 16.9. The molecule has 2 aromatic heterocycles. The smallest absolute Gasteiger partial charge is 0.490 e. The van der Waals surface area contributed by atoms with Crippen molar-refractivity contribution in [2.24, 2.45) is 5.92 Å². The Morgan fingerprint density at radius 3 is 2.50 bits per heavy atom. The Kier molecular flexibility index (Phi) is 7.23. The molecule has 1 spiro atoms. The number of nitrogens with zero attached hydrogens (tertiary/aromatic N) is 4. The topological polar surface area (TPSA) is 115 Å². The van der Waals surface area contributed by atoms with Crippen molar-refractivity contribution in [2.75, 3.05) is 26.3 Å². The number of pyridine rings is 1. The summed E-state index contributed by atoms with van der Waals surface area (Å²) in [6, 6.07) is 5.46. The summed E-state index contributed by atoms with van der Waals surface area (Å²) in [5.74, 6) is -1.47. The third-order valence-electron chi connectivity index (χ3n) is 5.17. The van der Waals surface area contributed by atoms with Gasteiger partial charge in [0, 0.05) is 25.2 Å². The molecule has 172 valence electrons. The van der Waals surface area contributed by atoms with E-state index in [9.17, 15) is 18.0 Å². The van der Waals surface area contributed by atoms with Crippen molar-refractivity contribution in [1.82, 2.24) is 19.9 Å². The van der Waals surface area contributed by atoms with Crippen LogP contribution in [0.1, 0.15) is 23.5 Å². The molecule has 9 nitrogen and oxygen atoms in total. The standard InChI is InChI=1S/C18H20N4O3.C2HF3O2/c23-17(16-20-7-2-8-21-16)22-12-18(13-22)14(5-10-25-18)4-9-24-15-3-1-6-19-11-15;3-2(4,5)1(6)7/h1-3,6-8,11,14H,4-5,9-10,12-13H2;(H,6,7). The lowest BCUT2D eigenvalue weighted by molar-refractivity contribution is -0.192. The van der Waals surface area contributed by atoms with Gasteiger partial charge < -0.3 is 19.5 Å². The summed E-state index contributed by atoms with van der Waals surface area (Å²) in [6.45, 7) is 2.56. The van der Waals surface area contributed by atoms with Crippen LogP contribution in [0.15, 0.2) is 43.0 Å². The number of rotatable bonds is 5. The number of ether oxygens (including phenoxy) is 2. The second-order valence-corrected chi connectivity index (χ2v) is 7.26. The van der Waals surface area contributed by atoms with Gasteiger partial charge in [-0.05, 0) is 37.0 Å². The number of amides is 1. The summed E-state index contributed by atoms with van der Waals surface area (Å²) in [5.41, 5.74) is -0.233. The number of carboxylic acid groups (broad SMARTS) is 1. The molecule has 4 rings (SSSR count). The molecule has 12 heteroatoms. The average Bonchev–Trinajstić information content (AvgIpc) is 3.17. The number of aliphatic carboxylic acids is 1. The summed E-state index contributed by atoms with van der Waals surface area (Å²) >= 11 is 0. The molecule has 1 unspecified atom stereocenters. The van der Waals surface area contributed by atoms with Gasteiger partial charge in [0.25, 0.3) is 5.91 Å². The predicted molar refractivity (Wildman–Crippen MR) is 103 cm³/mol. The van der Waals surface area contributed by atoms with E-state index < -0.39 is 12.1 Å². The van der Waals surface area contributed by atoms with Crippen molar-refractivity contribution < 1.29 is 37.3 Å². The van der Waals surface area contributed by atoms with Gasteiger partial charge in [0.1, 0.15) is 11.4 Å². The van der Waals surface area contributed by atoms with Crippen LogP contribution in [0, 0.1) is 5.92 Å². The number of carbonyl (C=O) groups excluding carboxylic acids is 1. The highest BCUT2D eigenvalue weighted by Crippen LogP contribution is 2.42. The fourth-order valence-corrected chi connectivity index (χ4v) is 3.59. The highest BCUT2D eigenvalue weighted by molar-refractivity contribution is 5.91. The summed E-state index contributed by atoms with van der Waals surface area (Å²) in [7, 11) is 0. The van der Waals surface area contributed by atoms with E-state index >= 15 is 0 Å². The van der Waals surface area contributed by atoms with E-state index in [4.69, 9.17) is 19.4 Å². The van der Waals surface area contributed by atoms with Crippen molar-refractivity contribution in [3.63, 3.8) is 0 Å². The molecule has 32 heavy (non-hydrogen) atoms.